The third kappa shape index (κ3) is 9.43. The van der Waals surface area contributed by atoms with E-state index >= 15 is 0 Å². The predicted molar refractivity (Wildman–Crippen MR) is 72.9 cm³/mol. The van der Waals surface area contributed by atoms with E-state index < -0.39 is 0 Å². The molecule has 0 saturated carbocycles. The number of thiol groups is 1. The first-order valence-electron chi connectivity index (χ1n) is 4.70. The molecule has 0 radical (unpaired) electrons. The van der Waals surface area contributed by atoms with E-state index in [2.05, 4.69) is 31.4 Å². The summed E-state index contributed by atoms with van der Waals surface area (Å²) in [4.78, 5) is 2.19. The van der Waals surface area contributed by atoms with Crippen molar-refractivity contribution in [3.05, 3.63) is 0 Å². The summed E-state index contributed by atoms with van der Waals surface area (Å²) in [6.45, 7) is 6.52. The molecular weight excluding hydrogens is 395 g/mol. The molecule has 0 amide bonds. The van der Waals surface area contributed by atoms with E-state index in [-0.39, 0.29) is 26.2 Å². The average Bonchev–Trinajstić information content (AvgIpc) is 2.04. The van der Waals surface area contributed by atoms with Gasteiger partial charge in [0.15, 0.2) is 0 Å². The van der Waals surface area contributed by atoms with Gasteiger partial charge in [-0.1, -0.05) is 38.9 Å². The molecule has 0 bridgehead atoms. The fourth-order valence-corrected chi connectivity index (χ4v) is 1.38. The average molecular weight is 417 g/mol. The second-order valence-electron chi connectivity index (χ2n) is 2.98. The number of thiocarbonyl (C=S) groups is 1. The Morgan fingerprint density at radius 3 is 1.77 bits per heavy atom. The van der Waals surface area contributed by atoms with E-state index in [1.165, 1.54) is 25.7 Å². The fourth-order valence-electron chi connectivity index (χ4n) is 1.00. The summed E-state index contributed by atoms with van der Waals surface area (Å²) < 4.78 is 0.747. The Morgan fingerprint density at radius 2 is 1.54 bits per heavy atom. The Morgan fingerprint density at radius 1 is 1.15 bits per heavy atom. The van der Waals surface area contributed by atoms with Crippen LogP contribution in [0.4, 0.5) is 0 Å². The Kier molecular flexibility index (Phi) is 14.3. The van der Waals surface area contributed by atoms with E-state index in [1.54, 1.807) is 0 Å². The Hall–Kier alpha value is 1.12. The zero-order valence-corrected chi connectivity index (χ0v) is 16.0. The molecule has 13 heavy (non-hydrogen) atoms. The summed E-state index contributed by atoms with van der Waals surface area (Å²) in [6.07, 6.45) is 4.87. The van der Waals surface area contributed by atoms with Gasteiger partial charge in [-0.3, -0.25) is 0 Å². The predicted octanol–water partition coefficient (Wildman–Crippen LogP) is 1.92. The number of rotatable bonds is 6. The molecule has 0 aromatic rings. The number of nitrogens with zero attached hydrogens (tertiary/aromatic N) is 1. The molecule has 0 aliphatic rings. The van der Waals surface area contributed by atoms with Crippen LogP contribution >= 0.6 is 24.8 Å². The summed E-state index contributed by atoms with van der Waals surface area (Å²) >= 11 is 9.23. The van der Waals surface area contributed by atoms with E-state index in [0.717, 1.165) is 17.4 Å². The molecule has 4 heteroatoms. The Bertz CT molecular complexity index is 123. The molecule has 0 fully saturated rings. The molecule has 0 N–H and O–H groups in total. The topological polar surface area (TPSA) is 3.24 Å². The van der Waals surface area contributed by atoms with Gasteiger partial charge >= 0.3 is 26.2 Å². The van der Waals surface area contributed by atoms with Crippen molar-refractivity contribution in [1.29, 1.82) is 0 Å². The van der Waals surface area contributed by atoms with Crippen molar-refractivity contribution in [2.45, 2.75) is 39.5 Å². The van der Waals surface area contributed by atoms with Crippen LogP contribution in [0.2, 0.25) is 0 Å². The number of unbranched alkanes of at least 4 members (excludes halogenated alkanes) is 2. The minimum atomic E-state index is 0. The van der Waals surface area contributed by atoms with Crippen molar-refractivity contribution in [2.24, 2.45) is 0 Å². The number of hydrogen-bond acceptors (Lipinski definition) is 1. The molecule has 0 aliphatic heterocycles. The third-order valence-corrected chi connectivity index (χ3v) is 2.37. The van der Waals surface area contributed by atoms with Gasteiger partial charge in [-0.2, -0.15) is 0 Å². The molecule has 80 valence electrons. The van der Waals surface area contributed by atoms with Gasteiger partial charge in [0.05, 0.1) is 0 Å². The summed E-state index contributed by atoms with van der Waals surface area (Å²) in [7, 11) is 0. The van der Waals surface area contributed by atoms with E-state index in [0.29, 0.717) is 0 Å². The van der Waals surface area contributed by atoms with Crippen LogP contribution in [-0.2, 0) is 0 Å². The molecule has 0 rings (SSSR count). The molecule has 0 atom stereocenters. The second kappa shape index (κ2) is 11.2. The molecule has 0 saturated heterocycles. The number of hydrogen-bond donors (Lipinski definition) is 1. The van der Waals surface area contributed by atoms with Crippen molar-refractivity contribution in [2.75, 3.05) is 13.1 Å². The van der Waals surface area contributed by atoms with Crippen LogP contribution in [0, 0.1) is 0 Å². The van der Waals surface area contributed by atoms with E-state index in [9.17, 15) is 0 Å². The standard InChI is InChI=1S/C9H19NS2.Bi.3H/c1-3-5-7-10(9(11)12)8-6-4-2;;;;/h3-8H2,1-2H3,(H,11,12);;;;. The first-order chi connectivity index (χ1) is 5.72. The molecule has 0 aromatic heterocycles. The van der Waals surface area contributed by atoms with Gasteiger partial charge in [-0.05, 0) is 12.8 Å². The van der Waals surface area contributed by atoms with Gasteiger partial charge in [-0.15, -0.1) is 12.6 Å². The van der Waals surface area contributed by atoms with Crippen molar-refractivity contribution >= 4 is 55.4 Å². The van der Waals surface area contributed by atoms with Gasteiger partial charge in [-0.25, -0.2) is 0 Å². The molecule has 0 heterocycles. The van der Waals surface area contributed by atoms with Gasteiger partial charge in [0.1, 0.15) is 4.32 Å². The molecule has 0 unspecified atom stereocenters. The minimum absolute atomic E-state index is 0. The third-order valence-electron chi connectivity index (χ3n) is 1.83. The molecule has 0 spiro atoms. The normalized spacial score (nSPS) is 9.15. The van der Waals surface area contributed by atoms with Gasteiger partial charge in [0.25, 0.3) is 0 Å². The maximum atomic E-state index is 5.03. The molecular formula is C9H22BiNS2. The summed E-state index contributed by atoms with van der Waals surface area (Å²) in [5.41, 5.74) is 0. The molecule has 0 aromatic carbocycles. The van der Waals surface area contributed by atoms with E-state index in [4.69, 9.17) is 12.2 Å². The summed E-state index contributed by atoms with van der Waals surface area (Å²) in [6, 6.07) is 0. The molecule has 0 aliphatic carbocycles. The molecule has 1 nitrogen and oxygen atoms in total. The first kappa shape index (κ1) is 16.5. The summed E-state index contributed by atoms with van der Waals surface area (Å²) in [5.74, 6) is 0. The van der Waals surface area contributed by atoms with Crippen molar-refractivity contribution in [3.63, 3.8) is 0 Å². The first-order valence-corrected chi connectivity index (χ1v) is 5.55. The fraction of sp³-hybridized carbons (Fsp3) is 0.889. The van der Waals surface area contributed by atoms with Crippen LogP contribution in [0.1, 0.15) is 39.5 Å². The Balaban J connectivity index is 0. The van der Waals surface area contributed by atoms with Crippen LogP contribution in [0.3, 0.4) is 0 Å². The van der Waals surface area contributed by atoms with Gasteiger partial charge in [0, 0.05) is 13.1 Å². The maximum absolute atomic E-state index is 5.03. The zero-order chi connectivity index (χ0) is 9.40. The SMILES string of the molecule is CCCCN(CCCC)C(=S)S.[BiH3]. The van der Waals surface area contributed by atoms with Gasteiger partial charge < -0.3 is 4.90 Å². The van der Waals surface area contributed by atoms with Crippen molar-refractivity contribution in [3.8, 4) is 0 Å². The quantitative estimate of drug-likeness (QED) is 0.400. The van der Waals surface area contributed by atoms with Crippen LogP contribution in [0.15, 0.2) is 0 Å². The van der Waals surface area contributed by atoms with Crippen molar-refractivity contribution in [1.82, 2.24) is 4.90 Å². The monoisotopic (exact) mass is 417 g/mol. The van der Waals surface area contributed by atoms with Crippen molar-refractivity contribution < 1.29 is 0 Å². The van der Waals surface area contributed by atoms with Crippen LogP contribution in [-0.4, -0.2) is 48.5 Å². The summed E-state index contributed by atoms with van der Waals surface area (Å²) in [5, 5.41) is 0. The van der Waals surface area contributed by atoms with Crippen LogP contribution in [0.25, 0.3) is 0 Å². The van der Waals surface area contributed by atoms with Crippen LogP contribution < -0.4 is 0 Å². The zero-order valence-electron chi connectivity index (χ0n) is 8.75. The van der Waals surface area contributed by atoms with Crippen LogP contribution in [0.5, 0.6) is 0 Å². The Labute approximate surface area is 112 Å². The van der Waals surface area contributed by atoms with Gasteiger partial charge in [0.2, 0.25) is 0 Å². The van der Waals surface area contributed by atoms with E-state index in [1.807, 2.05) is 0 Å². The second-order valence-corrected chi connectivity index (χ2v) is 4.09.